The van der Waals surface area contributed by atoms with Crippen LogP contribution in [0, 0.1) is 5.41 Å². The van der Waals surface area contributed by atoms with Crippen LogP contribution in [0.5, 0.6) is 0 Å². The Morgan fingerprint density at radius 3 is 2.52 bits per heavy atom. The highest BCUT2D eigenvalue weighted by atomic mass is 16.3. The van der Waals surface area contributed by atoms with E-state index < -0.39 is 0 Å². The monoisotopic (exact) mass is 284 g/mol. The Kier molecular flexibility index (Phi) is 5.43. The highest BCUT2D eigenvalue weighted by Crippen LogP contribution is 2.10. The molecule has 2 rings (SSSR count). The third-order valence-electron chi connectivity index (χ3n) is 3.17. The van der Waals surface area contributed by atoms with E-state index in [1.165, 1.54) is 5.56 Å². The second-order valence-electron chi connectivity index (χ2n) is 4.88. The number of aliphatic hydroxyl groups excluding tert-OH is 1. The van der Waals surface area contributed by atoms with Gasteiger partial charge in [-0.05, 0) is 23.3 Å². The van der Waals surface area contributed by atoms with Crippen molar-refractivity contribution >= 4 is 5.84 Å². The molecule has 2 aromatic rings. The lowest BCUT2D eigenvalue weighted by molar-refractivity contribution is 0.184. The summed E-state index contributed by atoms with van der Waals surface area (Å²) in [6.45, 7) is 2.14. The number of nitrogen functional groups attached to an aromatic ring is 1. The van der Waals surface area contributed by atoms with Gasteiger partial charge in [0.25, 0.3) is 0 Å². The molecular weight excluding hydrogens is 264 g/mol. The molecule has 1 aromatic carbocycles. The van der Waals surface area contributed by atoms with Crippen LogP contribution in [0.4, 0.5) is 0 Å². The number of pyridine rings is 1. The molecule has 0 aliphatic heterocycles. The van der Waals surface area contributed by atoms with Gasteiger partial charge in [-0.1, -0.05) is 30.3 Å². The van der Waals surface area contributed by atoms with Gasteiger partial charge in [-0.25, -0.2) is 0 Å². The zero-order valence-corrected chi connectivity index (χ0v) is 11.9. The number of nitrogens with zero attached hydrogens (tertiary/aromatic N) is 2. The van der Waals surface area contributed by atoms with Crippen molar-refractivity contribution < 1.29 is 5.11 Å². The number of aliphatic hydroxyl groups is 1. The van der Waals surface area contributed by atoms with Gasteiger partial charge < -0.3 is 10.8 Å². The van der Waals surface area contributed by atoms with Crippen molar-refractivity contribution in [2.45, 2.75) is 13.1 Å². The number of rotatable bonds is 7. The SMILES string of the molecule is N=C(N)c1cc(CN(CCO)Cc2ccccc2)ccn1. The van der Waals surface area contributed by atoms with Crippen LogP contribution in [0.25, 0.3) is 0 Å². The molecule has 110 valence electrons. The summed E-state index contributed by atoms with van der Waals surface area (Å²) in [5, 5.41) is 16.7. The van der Waals surface area contributed by atoms with Crippen molar-refractivity contribution in [3.8, 4) is 0 Å². The highest BCUT2D eigenvalue weighted by Gasteiger charge is 2.08. The number of nitrogens with one attached hydrogen (secondary N) is 1. The molecule has 0 saturated heterocycles. The van der Waals surface area contributed by atoms with Crippen LogP contribution >= 0.6 is 0 Å². The average molecular weight is 284 g/mol. The molecule has 4 N–H and O–H groups in total. The van der Waals surface area contributed by atoms with Crippen LogP contribution in [0.2, 0.25) is 0 Å². The van der Waals surface area contributed by atoms with E-state index in [-0.39, 0.29) is 12.4 Å². The second kappa shape index (κ2) is 7.52. The topological polar surface area (TPSA) is 86.2 Å². The van der Waals surface area contributed by atoms with Crippen LogP contribution < -0.4 is 5.73 Å². The molecule has 0 fully saturated rings. The summed E-state index contributed by atoms with van der Waals surface area (Å²) in [6.07, 6.45) is 1.66. The average Bonchev–Trinajstić information content (AvgIpc) is 2.49. The predicted octanol–water partition coefficient (Wildman–Crippen LogP) is 1.36. The first-order valence-corrected chi connectivity index (χ1v) is 6.85. The summed E-state index contributed by atoms with van der Waals surface area (Å²) in [4.78, 5) is 6.21. The molecule has 0 atom stereocenters. The van der Waals surface area contributed by atoms with Crippen molar-refractivity contribution in [2.24, 2.45) is 5.73 Å². The Morgan fingerprint density at radius 2 is 1.86 bits per heavy atom. The van der Waals surface area contributed by atoms with E-state index in [9.17, 15) is 5.11 Å². The minimum atomic E-state index is -0.0337. The molecule has 0 aliphatic rings. The van der Waals surface area contributed by atoms with Gasteiger partial charge >= 0.3 is 0 Å². The highest BCUT2D eigenvalue weighted by molar-refractivity contribution is 5.93. The molecular formula is C16H20N4O. The lowest BCUT2D eigenvalue weighted by atomic mass is 10.1. The minimum absolute atomic E-state index is 0.0337. The molecule has 0 amide bonds. The maximum atomic E-state index is 9.23. The first-order valence-electron chi connectivity index (χ1n) is 6.85. The van der Waals surface area contributed by atoms with Crippen LogP contribution in [-0.2, 0) is 13.1 Å². The molecule has 0 spiro atoms. The van der Waals surface area contributed by atoms with Crippen LogP contribution in [-0.4, -0.2) is 34.0 Å². The fraction of sp³-hybridized carbons (Fsp3) is 0.250. The fourth-order valence-corrected chi connectivity index (χ4v) is 2.18. The summed E-state index contributed by atoms with van der Waals surface area (Å²) in [7, 11) is 0. The number of amidine groups is 1. The van der Waals surface area contributed by atoms with Crippen molar-refractivity contribution in [1.82, 2.24) is 9.88 Å². The Balaban J connectivity index is 2.09. The van der Waals surface area contributed by atoms with E-state index in [1.54, 1.807) is 6.20 Å². The molecule has 5 nitrogen and oxygen atoms in total. The van der Waals surface area contributed by atoms with Gasteiger partial charge in [-0.2, -0.15) is 0 Å². The maximum Gasteiger partial charge on any atom is 0.141 e. The number of aromatic nitrogens is 1. The molecule has 5 heteroatoms. The summed E-state index contributed by atoms with van der Waals surface area (Å²) in [5.74, 6) is -0.0337. The lowest BCUT2D eigenvalue weighted by Crippen LogP contribution is -2.26. The zero-order chi connectivity index (χ0) is 15.1. The minimum Gasteiger partial charge on any atom is -0.395 e. The number of nitrogens with two attached hydrogens (primary N) is 1. The molecule has 0 saturated carbocycles. The number of benzene rings is 1. The van der Waals surface area contributed by atoms with Crippen molar-refractivity contribution in [1.29, 1.82) is 5.41 Å². The number of hydrogen-bond acceptors (Lipinski definition) is 4. The summed E-state index contributed by atoms with van der Waals surface area (Å²) in [5.41, 5.74) is 8.17. The normalized spacial score (nSPS) is 10.8. The molecule has 0 radical (unpaired) electrons. The Labute approximate surface area is 124 Å². The predicted molar refractivity (Wildman–Crippen MR) is 82.9 cm³/mol. The van der Waals surface area contributed by atoms with Gasteiger partial charge in [0.2, 0.25) is 0 Å². The van der Waals surface area contributed by atoms with E-state index in [2.05, 4.69) is 22.0 Å². The van der Waals surface area contributed by atoms with Gasteiger partial charge in [0.05, 0.1) is 6.61 Å². The van der Waals surface area contributed by atoms with Crippen LogP contribution in [0.3, 0.4) is 0 Å². The molecule has 1 heterocycles. The fourth-order valence-electron chi connectivity index (χ4n) is 2.18. The molecule has 21 heavy (non-hydrogen) atoms. The maximum absolute atomic E-state index is 9.23. The molecule has 0 unspecified atom stereocenters. The first kappa shape index (κ1) is 15.2. The van der Waals surface area contributed by atoms with E-state index in [4.69, 9.17) is 11.1 Å². The standard InChI is InChI=1S/C16H20N4O/c17-16(18)15-10-14(6-7-19-15)12-20(8-9-21)11-13-4-2-1-3-5-13/h1-7,10,21H,8-9,11-12H2,(H3,17,18). The van der Waals surface area contributed by atoms with E-state index >= 15 is 0 Å². The van der Waals surface area contributed by atoms with Crippen molar-refractivity contribution in [3.05, 3.63) is 65.5 Å². The van der Waals surface area contributed by atoms with Gasteiger partial charge in [0, 0.05) is 25.8 Å². The largest absolute Gasteiger partial charge is 0.395 e. The van der Waals surface area contributed by atoms with Gasteiger partial charge in [-0.15, -0.1) is 0 Å². The third kappa shape index (κ3) is 4.66. The molecule has 0 bridgehead atoms. The van der Waals surface area contributed by atoms with Crippen molar-refractivity contribution in [2.75, 3.05) is 13.2 Å². The number of hydrogen-bond donors (Lipinski definition) is 3. The van der Waals surface area contributed by atoms with Crippen LogP contribution in [0.15, 0.2) is 48.7 Å². The smallest absolute Gasteiger partial charge is 0.141 e. The Bertz CT molecular complexity index is 586. The van der Waals surface area contributed by atoms with E-state index in [0.717, 1.165) is 12.1 Å². The summed E-state index contributed by atoms with van der Waals surface area (Å²) < 4.78 is 0. The Hall–Kier alpha value is -2.24. The first-order chi connectivity index (χ1) is 10.2. The molecule has 0 aliphatic carbocycles. The Morgan fingerprint density at radius 1 is 1.14 bits per heavy atom. The van der Waals surface area contributed by atoms with Gasteiger partial charge in [-0.3, -0.25) is 15.3 Å². The molecule has 1 aromatic heterocycles. The van der Waals surface area contributed by atoms with Crippen molar-refractivity contribution in [3.63, 3.8) is 0 Å². The lowest BCUT2D eigenvalue weighted by Gasteiger charge is -2.21. The second-order valence-corrected chi connectivity index (χ2v) is 4.88. The summed E-state index contributed by atoms with van der Waals surface area (Å²) in [6, 6.07) is 13.9. The van der Waals surface area contributed by atoms with Gasteiger partial charge in [0.1, 0.15) is 11.5 Å². The quantitative estimate of drug-likeness (QED) is 0.529. The zero-order valence-electron chi connectivity index (χ0n) is 11.9. The van der Waals surface area contributed by atoms with Gasteiger partial charge in [0.15, 0.2) is 0 Å². The third-order valence-corrected chi connectivity index (χ3v) is 3.17. The van der Waals surface area contributed by atoms with E-state index in [0.29, 0.717) is 18.8 Å². The van der Waals surface area contributed by atoms with Crippen LogP contribution in [0.1, 0.15) is 16.8 Å². The summed E-state index contributed by atoms with van der Waals surface area (Å²) >= 11 is 0. The van der Waals surface area contributed by atoms with E-state index in [1.807, 2.05) is 30.3 Å².